The van der Waals surface area contributed by atoms with Gasteiger partial charge in [0.05, 0.1) is 6.54 Å². The Labute approximate surface area is 155 Å². The second-order valence-corrected chi connectivity index (χ2v) is 6.38. The molecule has 0 aliphatic heterocycles. The third-order valence-electron chi connectivity index (χ3n) is 3.26. The lowest BCUT2D eigenvalue weighted by molar-refractivity contribution is 0.0711. The maximum absolute atomic E-state index is 10.5. The van der Waals surface area contributed by atoms with E-state index < -0.39 is 5.60 Å². The number of nitrogens with zero attached hydrogens (tertiary/aromatic N) is 1. The molecule has 128 valence electrons. The van der Waals surface area contributed by atoms with Crippen molar-refractivity contribution < 1.29 is 5.11 Å². The molecule has 0 amide bonds. The lowest BCUT2D eigenvalue weighted by Gasteiger charge is -2.20. The molecule has 0 saturated carbocycles. The number of unbranched alkanes of at least 4 members (excludes halogenated alkanes) is 3. The van der Waals surface area contributed by atoms with E-state index in [2.05, 4.69) is 22.5 Å². The summed E-state index contributed by atoms with van der Waals surface area (Å²) in [4.78, 5) is 5.46. The summed E-state index contributed by atoms with van der Waals surface area (Å²) in [6.45, 7) is 8.18. The molecule has 1 atom stereocenters. The average molecular weight is 439 g/mol. The van der Waals surface area contributed by atoms with Crippen molar-refractivity contribution in [3.63, 3.8) is 0 Å². The van der Waals surface area contributed by atoms with Crippen LogP contribution in [0.1, 0.15) is 51.3 Å². The first-order valence-corrected chi connectivity index (χ1v) is 8.76. The van der Waals surface area contributed by atoms with Crippen LogP contribution < -0.4 is 10.6 Å². The molecule has 0 aliphatic rings. The Bertz CT molecular complexity index is 408. The lowest BCUT2D eigenvalue weighted by Crippen LogP contribution is -2.39. The zero-order valence-electron chi connectivity index (χ0n) is 13.9. The van der Waals surface area contributed by atoms with Gasteiger partial charge in [-0.15, -0.1) is 35.3 Å². The largest absolute Gasteiger partial charge is 0.383 e. The molecule has 0 fully saturated rings. The summed E-state index contributed by atoms with van der Waals surface area (Å²) in [6.07, 6.45) is 4.93. The zero-order chi connectivity index (χ0) is 15.6. The molecule has 1 heterocycles. The molecule has 0 bridgehead atoms. The molecule has 4 nitrogen and oxygen atoms in total. The number of nitrogens with one attached hydrogen (secondary N) is 2. The Morgan fingerprint density at radius 2 is 2.05 bits per heavy atom. The predicted molar refractivity (Wildman–Crippen MR) is 107 cm³/mol. The number of hydrogen-bond donors (Lipinski definition) is 3. The summed E-state index contributed by atoms with van der Waals surface area (Å²) in [5, 5.41) is 19.0. The minimum Gasteiger partial charge on any atom is -0.383 e. The average Bonchev–Trinajstić information content (AvgIpc) is 2.99. The van der Waals surface area contributed by atoms with Gasteiger partial charge in [-0.1, -0.05) is 32.3 Å². The van der Waals surface area contributed by atoms with Crippen LogP contribution in [0.25, 0.3) is 0 Å². The Hall–Kier alpha value is -0.340. The molecule has 0 aliphatic carbocycles. The van der Waals surface area contributed by atoms with Crippen LogP contribution in [0.15, 0.2) is 22.5 Å². The van der Waals surface area contributed by atoms with E-state index >= 15 is 0 Å². The van der Waals surface area contributed by atoms with E-state index in [4.69, 9.17) is 0 Å². The summed E-state index contributed by atoms with van der Waals surface area (Å²) in [6, 6.07) is 3.90. The van der Waals surface area contributed by atoms with E-state index in [0.717, 1.165) is 30.3 Å². The van der Waals surface area contributed by atoms with Crippen molar-refractivity contribution in [1.29, 1.82) is 0 Å². The minimum absolute atomic E-state index is 0. The Morgan fingerprint density at radius 1 is 1.27 bits per heavy atom. The van der Waals surface area contributed by atoms with Gasteiger partial charge in [-0.25, -0.2) is 4.99 Å². The van der Waals surface area contributed by atoms with Gasteiger partial charge >= 0.3 is 0 Å². The normalized spacial score (nSPS) is 14.1. The van der Waals surface area contributed by atoms with Gasteiger partial charge in [0.25, 0.3) is 0 Å². The smallest absolute Gasteiger partial charge is 0.191 e. The zero-order valence-corrected chi connectivity index (χ0v) is 17.0. The van der Waals surface area contributed by atoms with Gasteiger partial charge in [-0.05, 0) is 31.7 Å². The summed E-state index contributed by atoms with van der Waals surface area (Å²) in [7, 11) is 0. The summed E-state index contributed by atoms with van der Waals surface area (Å²) in [5.41, 5.74) is -0.904. The van der Waals surface area contributed by atoms with Crippen LogP contribution in [0, 0.1) is 0 Å². The van der Waals surface area contributed by atoms with Gasteiger partial charge in [0, 0.05) is 18.0 Å². The highest BCUT2D eigenvalue weighted by atomic mass is 127. The number of rotatable bonds is 9. The van der Waals surface area contributed by atoms with Crippen molar-refractivity contribution >= 4 is 41.3 Å². The molecule has 1 rings (SSSR count). The molecule has 22 heavy (non-hydrogen) atoms. The first-order chi connectivity index (χ1) is 10.1. The van der Waals surface area contributed by atoms with Crippen LogP contribution in [0.5, 0.6) is 0 Å². The molecule has 0 radical (unpaired) electrons. The van der Waals surface area contributed by atoms with E-state index in [0.29, 0.717) is 6.54 Å². The summed E-state index contributed by atoms with van der Waals surface area (Å²) < 4.78 is 0. The van der Waals surface area contributed by atoms with Gasteiger partial charge in [0.1, 0.15) is 5.60 Å². The Morgan fingerprint density at radius 3 is 2.64 bits per heavy atom. The van der Waals surface area contributed by atoms with Gasteiger partial charge in [0.15, 0.2) is 5.96 Å². The third-order valence-corrected chi connectivity index (χ3v) is 4.39. The molecule has 6 heteroatoms. The lowest BCUT2D eigenvalue weighted by atomic mass is 10.1. The van der Waals surface area contributed by atoms with Gasteiger partial charge < -0.3 is 15.7 Å². The molecule has 0 aromatic carbocycles. The quantitative estimate of drug-likeness (QED) is 0.238. The number of guanidine groups is 1. The Balaban J connectivity index is 0.00000441. The van der Waals surface area contributed by atoms with Crippen LogP contribution in [0.3, 0.4) is 0 Å². The number of aliphatic hydroxyl groups is 1. The standard InChI is InChI=1S/C16H29N3OS.HI/c1-4-6-7-8-11-18-15(17-5-2)19-13-16(3,20)14-10-9-12-21-14;/h9-10,12,20H,4-8,11,13H2,1-3H3,(H2,17,18,19);1H. The second-order valence-electron chi connectivity index (χ2n) is 5.43. The second kappa shape index (κ2) is 12.1. The highest BCUT2D eigenvalue weighted by molar-refractivity contribution is 14.0. The molecular formula is C16H30IN3OS. The van der Waals surface area contributed by atoms with Crippen molar-refractivity contribution in [3.8, 4) is 0 Å². The fourth-order valence-electron chi connectivity index (χ4n) is 2.00. The van der Waals surface area contributed by atoms with E-state index in [9.17, 15) is 5.11 Å². The third kappa shape index (κ3) is 8.33. The SMILES string of the molecule is CCCCCCNC(=NCC(C)(O)c1cccs1)NCC.I. The number of thiophene rings is 1. The first-order valence-electron chi connectivity index (χ1n) is 7.88. The number of hydrogen-bond acceptors (Lipinski definition) is 3. The van der Waals surface area contributed by atoms with E-state index in [-0.39, 0.29) is 24.0 Å². The number of halogens is 1. The van der Waals surface area contributed by atoms with Crippen LogP contribution >= 0.6 is 35.3 Å². The van der Waals surface area contributed by atoms with Crippen molar-refractivity contribution in [2.75, 3.05) is 19.6 Å². The predicted octanol–water partition coefficient (Wildman–Crippen LogP) is 3.71. The van der Waals surface area contributed by atoms with Gasteiger partial charge in [0.2, 0.25) is 0 Å². The van der Waals surface area contributed by atoms with Crippen molar-refractivity contribution in [2.24, 2.45) is 4.99 Å². The molecule has 1 aromatic heterocycles. The molecule has 0 saturated heterocycles. The fraction of sp³-hybridized carbons (Fsp3) is 0.688. The monoisotopic (exact) mass is 439 g/mol. The van der Waals surface area contributed by atoms with E-state index in [1.807, 2.05) is 31.4 Å². The maximum atomic E-state index is 10.5. The Kier molecular flexibility index (Phi) is 11.9. The fourth-order valence-corrected chi connectivity index (χ4v) is 2.78. The topological polar surface area (TPSA) is 56.7 Å². The van der Waals surface area contributed by atoms with E-state index in [1.165, 1.54) is 19.3 Å². The van der Waals surface area contributed by atoms with Crippen molar-refractivity contribution in [2.45, 2.75) is 52.1 Å². The van der Waals surface area contributed by atoms with E-state index in [1.54, 1.807) is 11.3 Å². The maximum Gasteiger partial charge on any atom is 0.191 e. The van der Waals surface area contributed by atoms with Crippen LogP contribution in [0.4, 0.5) is 0 Å². The number of aliphatic imine (C=N–C) groups is 1. The highest BCUT2D eigenvalue weighted by Gasteiger charge is 2.23. The molecule has 0 spiro atoms. The molecule has 1 unspecified atom stereocenters. The summed E-state index contributed by atoms with van der Waals surface area (Å²) in [5.74, 6) is 0.783. The highest BCUT2D eigenvalue weighted by Crippen LogP contribution is 2.25. The van der Waals surface area contributed by atoms with Gasteiger partial charge in [-0.3, -0.25) is 0 Å². The molecule has 1 aromatic rings. The van der Waals surface area contributed by atoms with Crippen LogP contribution in [-0.2, 0) is 5.60 Å². The summed E-state index contributed by atoms with van der Waals surface area (Å²) >= 11 is 1.56. The van der Waals surface area contributed by atoms with Crippen molar-refractivity contribution in [3.05, 3.63) is 22.4 Å². The van der Waals surface area contributed by atoms with Crippen LogP contribution in [-0.4, -0.2) is 30.7 Å². The first kappa shape index (κ1) is 21.7. The van der Waals surface area contributed by atoms with Crippen LogP contribution in [0.2, 0.25) is 0 Å². The van der Waals surface area contributed by atoms with Crippen molar-refractivity contribution in [1.82, 2.24) is 10.6 Å². The van der Waals surface area contributed by atoms with Gasteiger partial charge in [-0.2, -0.15) is 0 Å². The molecular weight excluding hydrogens is 409 g/mol. The minimum atomic E-state index is -0.904. The molecule has 3 N–H and O–H groups in total.